The lowest BCUT2D eigenvalue weighted by atomic mass is 10.0. The van der Waals surface area contributed by atoms with Crippen molar-refractivity contribution in [2.75, 3.05) is 7.05 Å². The number of nitrogens with one attached hydrogen (secondary N) is 1. The maximum Gasteiger partial charge on any atom is 0.0446 e. The molecule has 15 heavy (non-hydrogen) atoms. The fraction of sp³-hybridized carbons (Fsp3) is 0.143. The topological polar surface area (TPSA) is 12.0 Å². The second kappa shape index (κ2) is 4.65. The third-order valence-electron chi connectivity index (χ3n) is 2.52. The first kappa shape index (κ1) is 9.78. The molecule has 1 N–H and O–H groups in total. The average Bonchev–Trinajstić information content (AvgIpc) is 2.33. The zero-order chi connectivity index (χ0) is 10.5. The Morgan fingerprint density at radius 2 is 1.93 bits per heavy atom. The predicted octanol–water partition coefficient (Wildman–Crippen LogP) is 3.13. The van der Waals surface area contributed by atoms with Crippen molar-refractivity contribution in [1.82, 2.24) is 5.32 Å². The van der Waals surface area contributed by atoms with Gasteiger partial charge < -0.3 is 5.32 Å². The Morgan fingerprint density at radius 1 is 1.13 bits per heavy atom. The summed E-state index contributed by atoms with van der Waals surface area (Å²) in [6, 6.07) is 10.4. The van der Waals surface area contributed by atoms with Gasteiger partial charge in [0.15, 0.2) is 0 Å². The van der Waals surface area contributed by atoms with Crippen LogP contribution in [0, 0.1) is 0 Å². The molecule has 0 bridgehead atoms. The molecule has 0 heterocycles. The van der Waals surface area contributed by atoms with E-state index in [9.17, 15) is 0 Å². The van der Waals surface area contributed by atoms with Gasteiger partial charge in [0, 0.05) is 12.7 Å². The Hall–Kier alpha value is -1.76. The highest BCUT2D eigenvalue weighted by atomic mass is 14.8. The third kappa shape index (κ3) is 2.18. The van der Waals surface area contributed by atoms with Gasteiger partial charge in [-0.15, -0.1) is 0 Å². The van der Waals surface area contributed by atoms with Crippen LogP contribution >= 0.6 is 0 Å². The van der Waals surface area contributed by atoms with E-state index in [0.29, 0.717) is 0 Å². The highest BCUT2D eigenvalue weighted by molar-refractivity contribution is 5.70. The van der Waals surface area contributed by atoms with E-state index in [1.807, 2.05) is 13.1 Å². The van der Waals surface area contributed by atoms with Crippen LogP contribution in [0.3, 0.4) is 0 Å². The van der Waals surface area contributed by atoms with Crippen LogP contribution in [0.15, 0.2) is 60.2 Å². The van der Waals surface area contributed by atoms with Gasteiger partial charge in [0.2, 0.25) is 0 Å². The second-order valence-electron chi connectivity index (χ2n) is 3.51. The summed E-state index contributed by atoms with van der Waals surface area (Å²) in [5.74, 6) is 0. The zero-order valence-electron chi connectivity index (χ0n) is 8.90. The van der Waals surface area contributed by atoms with Crippen LogP contribution < -0.4 is 5.32 Å². The molecule has 0 saturated carbocycles. The molecule has 1 aliphatic carbocycles. The standard InChI is InChI=1S/C14H15N/c1-15-14(12-8-4-2-5-9-12)13-10-6-3-7-11-13/h2-10,15H,11H2,1H3/b14-13-. The van der Waals surface area contributed by atoms with Gasteiger partial charge in [0.05, 0.1) is 0 Å². The third-order valence-corrected chi connectivity index (χ3v) is 2.52. The van der Waals surface area contributed by atoms with E-state index in [-0.39, 0.29) is 0 Å². The fourth-order valence-electron chi connectivity index (χ4n) is 1.79. The molecular weight excluding hydrogens is 182 g/mol. The minimum absolute atomic E-state index is 1.00. The summed E-state index contributed by atoms with van der Waals surface area (Å²) in [5, 5.41) is 3.28. The van der Waals surface area contributed by atoms with Crippen molar-refractivity contribution < 1.29 is 0 Å². The maximum absolute atomic E-state index is 3.28. The van der Waals surface area contributed by atoms with Gasteiger partial charge in [-0.2, -0.15) is 0 Å². The summed E-state index contributed by atoms with van der Waals surface area (Å²) < 4.78 is 0. The number of allylic oxidation sites excluding steroid dienone is 5. The summed E-state index contributed by atoms with van der Waals surface area (Å²) in [5.41, 5.74) is 3.80. The normalized spacial score (nSPS) is 17.7. The molecule has 0 saturated heterocycles. The monoisotopic (exact) mass is 197 g/mol. The van der Waals surface area contributed by atoms with Gasteiger partial charge in [-0.1, -0.05) is 54.6 Å². The number of rotatable bonds is 2. The van der Waals surface area contributed by atoms with Crippen molar-refractivity contribution in [2.45, 2.75) is 6.42 Å². The van der Waals surface area contributed by atoms with Crippen LogP contribution in [0.5, 0.6) is 0 Å². The molecule has 1 nitrogen and oxygen atoms in total. The molecule has 1 aromatic carbocycles. The summed E-state index contributed by atoms with van der Waals surface area (Å²) in [4.78, 5) is 0. The van der Waals surface area contributed by atoms with Crippen molar-refractivity contribution >= 4 is 5.70 Å². The van der Waals surface area contributed by atoms with Crippen molar-refractivity contribution in [2.24, 2.45) is 0 Å². The quantitative estimate of drug-likeness (QED) is 0.768. The van der Waals surface area contributed by atoms with Gasteiger partial charge in [-0.25, -0.2) is 0 Å². The first-order valence-corrected chi connectivity index (χ1v) is 5.21. The van der Waals surface area contributed by atoms with E-state index < -0.39 is 0 Å². The molecular formula is C14H15N. The smallest absolute Gasteiger partial charge is 0.0446 e. The Labute approximate surface area is 90.8 Å². The van der Waals surface area contributed by atoms with Crippen molar-refractivity contribution in [3.63, 3.8) is 0 Å². The summed E-state index contributed by atoms with van der Waals surface area (Å²) in [6.45, 7) is 0. The summed E-state index contributed by atoms with van der Waals surface area (Å²) in [7, 11) is 1.97. The minimum atomic E-state index is 1.00. The van der Waals surface area contributed by atoms with Crippen LogP contribution in [0.2, 0.25) is 0 Å². The van der Waals surface area contributed by atoms with E-state index >= 15 is 0 Å². The highest BCUT2D eigenvalue weighted by Gasteiger charge is 2.05. The van der Waals surface area contributed by atoms with Crippen LogP contribution in [0.4, 0.5) is 0 Å². The molecule has 0 unspecified atom stereocenters. The molecule has 0 fully saturated rings. The van der Waals surface area contributed by atoms with Crippen LogP contribution in [-0.2, 0) is 0 Å². The SMILES string of the molecule is CN/C(=C1/C=CC=CC1)c1ccccc1. The lowest BCUT2D eigenvalue weighted by Crippen LogP contribution is -2.07. The fourth-order valence-corrected chi connectivity index (χ4v) is 1.79. The lowest BCUT2D eigenvalue weighted by molar-refractivity contribution is 1.09. The molecule has 1 heteroatoms. The van der Waals surface area contributed by atoms with E-state index in [1.165, 1.54) is 16.8 Å². The first-order chi connectivity index (χ1) is 7.42. The van der Waals surface area contributed by atoms with Crippen LogP contribution in [0.25, 0.3) is 5.70 Å². The molecule has 1 aromatic rings. The maximum atomic E-state index is 3.28. The van der Waals surface area contributed by atoms with Gasteiger partial charge in [-0.3, -0.25) is 0 Å². The lowest BCUT2D eigenvalue weighted by Gasteiger charge is -2.13. The zero-order valence-corrected chi connectivity index (χ0v) is 8.90. The Balaban J connectivity index is 2.40. The first-order valence-electron chi connectivity index (χ1n) is 5.21. The molecule has 0 spiro atoms. The number of benzene rings is 1. The van der Waals surface area contributed by atoms with Gasteiger partial charge in [-0.05, 0) is 17.6 Å². The molecule has 0 atom stereocenters. The largest absolute Gasteiger partial charge is 0.387 e. The molecule has 76 valence electrons. The average molecular weight is 197 g/mol. The second-order valence-corrected chi connectivity index (χ2v) is 3.51. The minimum Gasteiger partial charge on any atom is -0.387 e. The summed E-state index contributed by atoms with van der Waals surface area (Å²) >= 11 is 0. The molecule has 0 aromatic heterocycles. The Bertz CT molecular complexity index is 410. The van der Waals surface area contributed by atoms with E-state index in [2.05, 4.69) is 53.9 Å². The van der Waals surface area contributed by atoms with E-state index in [4.69, 9.17) is 0 Å². The van der Waals surface area contributed by atoms with Gasteiger partial charge in [0.25, 0.3) is 0 Å². The predicted molar refractivity (Wildman–Crippen MR) is 65.3 cm³/mol. The highest BCUT2D eigenvalue weighted by Crippen LogP contribution is 2.21. The molecule has 0 amide bonds. The number of hydrogen-bond acceptors (Lipinski definition) is 1. The van der Waals surface area contributed by atoms with Gasteiger partial charge >= 0.3 is 0 Å². The van der Waals surface area contributed by atoms with Crippen molar-refractivity contribution in [1.29, 1.82) is 0 Å². The molecule has 0 radical (unpaired) electrons. The van der Waals surface area contributed by atoms with Crippen molar-refractivity contribution in [3.8, 4) is 0 Å². The Morgan fingerprint density at radius 3 is 2.53 bits per heavy atom. The molecule has 1 aliphatic rings. The Kier molecular flexibility index (Phi) is 3.03. The van der Waals surface area contributed by atoms with E-state index in [0.717, 1.165) is 6.42 Å². The van der Waals surface area contributed by atoms with Crippen LogP contribution in [0.1, 0.15) is 12.0 Å². The van der Waals surface area contributed by atoms with Crippen molar-refractivity contribution in [3.05, 3.63) is 65.8 Å². The molecule has 2 rings (SSSR count). The van der Waals surface area contributed by atoms with Gasteiger partial charge in [0.1, 0.15) is 0 Å². The summed E-state index contributed by atoms with van der Waals surface area (Å²) in [6.07, 6.45) is 9.51. The number of hydrogen-bond donors (Lipinski definition) is 1. The van der Waals surface area contributed by atoms with Crippen LogP contribution in [-0.4, -0.2) is 7.05 Å². The molecule has 0 aliphatic heterocycles. The van der Waals surface area contributed by atoms with E-state index in [1.54, 1.807) is 0 Å².